The van der Waals surface area contributed by atoms with Crippen molar-refractivity contribution in [2.24, 2.45) is 5.92 Å². The maximum atomic E-state index is 10.3. The zero-order valence-electron chi connectivity index (χ0n) is 27.6. The minimum absolute atomic E-state index is 0.763. The van der Waals surface area contributed by atoms with E-state index in [9.17, 15) is 4.79 Å². The van der Waals surface area contributed by atoms with Gasteiger partial charge in [-0.05, 0) is 12.3 Å². The molecule has 1 heteroatoms. The molecular formula is C38H76O. The van der Waals surface area contributed by atoms with E-state index in [1.807, 2.05) is 0 Å². The van der Waals surface area contributed by atoms with Gasteiger partial charge in [-0.15, -0.1) is 0 Å². The van der Waals surface area contributed by atoms with E-state index in [-0.39, 0.29) is 0 Å². The van der Waals surface area contributed by atoms with Gasteiger partial charge in [-0.25, -0.2) is 0 Å². The Bertz CT molecular complexity index is 430. The van der Waals surface area contributed by atoms with Crippen molar-refractivity contribution >= 4 is 6.29 Å². The first-order chi connectivity index (χ1) is 19.3. The first-order valence-electron chi connectivity index (χ1n) is 18.8. The summed E-state index contributed by atoms with van der Waals surface area (Å²) in [4.78, 5) is 10.3. The van der Waals surface area contributed by atoms with E-state index in [0.717, 1.165) is 25.0 Å². The van der Waals surface area contributed by atoms with E-state index in [2.05, 4.69) is 13.8 Å². The Labute approximate surface area is 248 Å². The lowest BCUT2D eigenvalue weighted by atomic mass is 9.89. The van der Waals surface area contributed by atoms with Crippen LogP contribution in [-0.2, 0) is 4.79 Å². The van der Waals surface area contributed by atoms with Crippen LogP contribution in [0.5, 0.6) is 0 Å². The quantitative estimate of drug-likeness (QED) is 0.0568. The molecule has 0 saturated heterocycles. The fourth-order valence-electron chi connectivity index (χ4n) is 6.35. The van der Waals surface area contributed by atoms with Gasteiger partial charge in [0.25, 0.3) is 0 Å². The van der Waals surface area contributed by atoms with Crippen LogP contribution in [0.1, 0.15) is 232 Å². The zero-order chi connectivity index (χ0) is 28.3. The van der Waals surface area contributed by atoms with Crippen molar-refractivity contribution in [1.82, 2.24) is 0 Å². The smallest absolute Gasteiger partial charge is 0.119 e. The molecule has 0 spiro atoms. The van der Waals surface area contributed by atoms with E-state index in [1.54, 1.807) is 0 Å². The van der Waals surface area contributed by atoms with Crippen LogP contribution in [0.2, 0.25) is 0 Å². The van der Waals surface area contributed by atoms with Crippen LogP contribution >= 0.6 is 0 Å². The summed E-state index contributed by atoms with van der Waals surface area (Å²) in [6.45, 7) is 4.64. The van der Waals surface area contributed by atoms with Crippen LogP contribution in [0.25, 0.3) is 0 Å². The second-order valence-electron chi connectivity index (χ2n) is 13.1. The molecule has 0 N–H and O–H groups in total. The molecule has 1 atom stereocenters. The lowest BCUT2D eigenvalue weighted by molar-refractivity contribution is -0.107. The van der Waals surface area contributed by atoms with Crippen molar-refractivity contribution in [3.63, 3.8) is 0 Å². The lowest BCUT2D eigenvalue weighted by Crippen LogP contribution is -2.01. The Kier molecular flexibility index (Phi) is 35.4. The second-order valence-corrected chi connectivity index (χ2v) is 13.1. The minimum Gasteiger partial charge on any atom is -0.303 e. The van der Waals surface area contributed by atoms with Gasteiger partial charge in [0.2, 0.25) is 0 Å². The molecule has 1 unspecified atom stereocenters. The summed E-state index contributed by atoms with van der Waals surface area (Å²) < 4.78 is 0. The number of carbonyl (C=O) groups excluding carboxylic acids is 1. The third-order valence-corrected chi connectivity index (χ3v) is 9.12. The minimum atomic E-state index is 0.763. The zero-order valence-corrected chi connectivity index (χ0v) is 27.6. The van der Waals surface area contributed by atoms with Crippen molar-refractivity contribution in [2.45, 2.75) is 232 Å². The molecule has 0 fully saturated rings. The molecule has 0 aromatic heterocycles. The van der Waals surface area contributed by atoms with Crippen molar-refractivity contribution < 1.29 is 4.79 Å². The average molecular weight is 549 g/mol. The summed E-state index contributed by atoms with van der Waals surface area (Å²) in [5.74, 6) is 1.03. The summed E-state index contributed by atoms with van der Waals surface area (Å²) >= 11 is 0. The van der Waals surface area contributed by atoms with E-state index < -0.39 is 0 Å². The molecule has 234 valence electrons. The van der Waals surface area contributed by atoms with Crippen molar-refractivity contribution in [3.8, 4) is 0 Å². The van der Waals surface area contributed by atoms with Crippen molar-refractivity contribution in [3.05, 3.63) is 0 Å². The molecule has 0 rings (SSSR count). The third-order valence-electron chi connectivity index (χ3n) is 9.12. The van der Waals surface area contributed by atoms with Gasteiger partial charge < -0.3 is 4.79 Å². The number of hydrogen-bond donors (Lipinski definition) is 0. The van der Waals surface area contributed by atoms with Gasteiger partial charge in [-0.1, -0.05) is 219 Å². The molecule has 0 aliphatic carbocycles. The van der Waals surface area contributed by atoms with Crippen molar-refractivity contribution in [2.75, 3.05) is 0 Å². The maximum Gasteiger partial charge on any atom is 0.119 e. The van der Waals surface area contributed by atoms with Gasteiger partial charge in [0.15, 0.2) is 0 Å². The number of carbonyl (C=O) groups is 1. The summed E-state index contributed by atoms with van der Waals surface area (Å²) in [7, 11) is 0. The SMILES string of the molecule is CCCCCCCCCCCC(CCCCCCCC)CCCCCCCCCCCCCCCCCC=O. The highest BCUT2D eigenvalue weighted by molar-refractivity contribution is 5.48. The van der Waals surface area contributed by atoms with Crippen LogP contribution < -0.4 is 0 Å². The summed E-state index contributed by atoms with van der Waals surface area (Å²) in [5, 5.41) is 0. The topological polar surface area (TPSA) is 17.1 Å². The average Bonchev–Trinajstić information content (AvgIpc) is 2.95. The van der Waals surface area contributed by atoms with E-state index in [4.69, 9.17) is 0 Å². The highest BCUT2D eigenvalue weighted by Gasteiger charge is 2.09. The molecule has 0 radical (unpaired) electrons. The maximum absolute atomic E-state index is 10.3. The number of aldehydes is 1. The number of hydrogen-bond acceptors (Lipinski definition) is 1. The Hall–Kier alpha value is -0.330. The Morgan fingerprint density at radius 1 is 0.333 bits per heavy atom. The molecule has 0 aromatic rings. The van der Waals surface area contributed by atoms with Gasteiger partial charge in [0, 0.05) is 6.42 Å². The fourth-order valence-corrected chi connectivity index (χ4v) is 6.35. The monoisotopic (exact) mass is 549 g/mol. The van der Waals surface area contributed by atoms with E-state index >= 15 is 0 Å². The van der Waals surface area contributed by atoms with Crippen LogP contribution in [0.4, 0.5) is 0 Å². The molecule has 0 saturated carbocycles. The molecule has 0 bridgehead atoms. The lowest BCUT2D eigenvalue weighted by Gasteiger charge is -2.17. The van der Waals surface area contributed by atoms with Crippen molar-refractivity contribution in [1.29, 1.82) is 0 Å². The van der Waals surface area contributed by atoms with Gasteiger partial charge in [0.1, 0.15) is 6.29 Å². The standard InChI is InChI=1S/C38H76O/c1-3-5-7-9-11-20-23-27-31-35-38(34-30-26-10-8-6-4-2)36-32-28-24-21-18-16-14-12-13-15-17-19-22-25-29-33-37-39/h37-38H,3-36H2,1-2H3. The number of unbranched alkanes of at least 4 members (excludes halogenated alkanes) is 28. The molecular weight excluding hydrogens is 472 g/mol. The van der Waals surface area contributed by atoms with Gasteiger partial charge in [-0.2, -0.15) is 0 Å². The normalized spacial score (nSPS) is 12.3. The number of rotatable bonds is 35. The molecule has 0 amide bonds. The highest BCUT2D eigenvalue weighted by atomic mass is 16.1. The summed E-state index contributed by atoms with van der Waals surface area (Å²) in [6.07, 6.45) is 49.3. The Balaban J connectivity index is 3.69. The van der Waals surface area contributed by atoms with Crippen LogP contribution in [0.3, 0.4) is 0 Å². The van der Waals surface area contributed by atoms with Gasteiger partial charge >= 0.3 is 0 Å². The molecule has 39 heavy (non-hydrogen) atoms. The molecule has 0 aliphatic rings. The second kappa shape index (κ2) is 35.7. The van der Waals surface area contributed by atoms with Crippen LogP contribution in [0, 0.1) is 5.92 Å². The molecule has 0 aliphatic heterocycles. The highest BCUT2D eigenvalue weighted by Crippen LogP contribution is 2.25. The third kappa shape index (κ3) is 33.8. The molecule has 0 heterocycles. The van der Waals surface area contributed by atoms with E-state index in [1.165, 1.54) is 205 Å². The van der Waals surface area contributed by atoms with Crippen LogP contribution in [0.15, 0.2) is 0 Å². The first kappa shape index (κ1) is 38.7. The predicted octanol–water partition coefficient (Wildman–Crippen LogP) is 14.1. The Morgan fingerprint density at radius 2 is 0.564 bits per heavy atom. The summed E-state index contributed by atoms with van der Waals surface area (Å²) in [5.41, 5.74) is 0. The van der Waals surface area contributed by atoms with Gasteiger partial charge in [-0.3, -0.25) is 0 Å². The molecule has 1 nitrogen and oxygen atoms in total. The first-order valence-corrected chi connectivity index (χ1v) is 18.8. The van der Waals surface area contributed by atoms with Gasteiger partial charge in [0.05, 0.1) is 0 Å². The predicted molar refractivity (Wildman–Crippen MR) is 178 cm³/mol. The summed E-state index contributed by atoms with van der Waals surface area (Å²) in [6, 6.07) is 0. The van der Waals surface area contributed by atoms with Crippen LogP contribution in [-0.4, -0.2) is 6.29 Å². The Morgan fingerprint density at radius 3 is 0.821 bits per heavy atom. The fraction of sp³-hybridized carbons (Fsp3) is 0.974. The van der Waals surface area contributed by atoms with E-state index in [0.29, 0.717) is 0 Å². The molecule has 0 aromatic carbocycles. The largest absolute Gasteiger partial charge is 0.303 e.